The number of hydrogen-bond donors (Lipinski definition) is 0. The maximum Gasteiger partial charge on any atom is 0.356 e. The lowest BCUT2D eigenvalue weighted by Gasteiger charge is -2.26. The number of hydrogen-bond acceptors (Lipinski definition) is 5. The van der Waals surface area contributed by atoms with Gasteiger partial charge in [-0.25, -0.2) is 4.79 Å². The minimum atomic E-state index is -0.540. The van der Waals surface area contributed by atoms with Crippen LogP contribution in [0.4, 0.5) is 5.69 Å². The molecule has 1 fully saturated rings. The van der Waals surface area contributed by atoms with Gasteiger partial charge in [-0.15, -0.1) is 0 Å². The number of fused-ring (bicyclic) bond motifs is 3. The van der Waals surface area contributed by atoms with E-state index >= 15 is 0 Å². The molecule has 1 aromatic heterocycles. The number of aryl methyl sites for hydroxylation is 1. The van der Waals surface area contributed by atoms with Gasteiger partial charge in [-0.05, 0) is 49.4 Å². The molecule has 0 unspecified atom stereocenters. The molecule has 0 saturated carbocycles. The van der Waals surface area contributed by atoms with Gasteiger partial charge in [0.2, 0.25) is 0 Å². The van der Waals surface area contributed by atoms with Crippen LogP contribution in [0.2, 0.25) is 0 Å². The highest BCUT2D eigenvalue weighted by Crippen LogP contribution is 2.40. The summed E-state index contributed by atoms with van der Waals surface area (Å²) in [5, 5.41) is 9.47. The largest absolute Gasteiger partial charge is 0.497 e. The predicted molar refractivity (Wildman–Crippen MR) is 90.5 cm³/mol. The van der Waals surface area contributed by atoms with Crippen LogP contribution in [0.15, 0.2) is 27.4 Å². The number of nitriles is 1. The summed E-state index contributed by atoms with van der Waals surface area (Å²) in [4.78, 5) is 14.6. The van der Waals surface area contributed by atoms with Crippen LogP contribution in [0.3, 0.4) is 0 Å². The smallest absolute Gasteiger partial charge is 0.356 e. The molecule has 0 spiro atoms. The highest BCUT2D eigenvalue weighted by Gasteiger charge is 2.29. The first-order valence-electron chi connectivity index (χ1n) is 8.25. The van der Waals surface area contributed by atoms with Crippen molar-refractivity contribution in [1.29, 1.82) is 5.26 Å². The zero-order chi connectivity index (χ0) is 16.7. The molecule has 2 heterocycles. The molecule has 122 valence electrons. The molecule has 24 heavy (non-hydrogen) atoms. The molecule has 0 radical (unpaired) electrons. The topological polar surface area (TPSA) is 66.5 Å². The summed E-state index contributed by atoms with van der Waals surface area (Å²) in [6.07, 6.45) is 3.79. The summed E-state index contributed by atoms with van der Waals surface area (Å²) in [5.74, 6) is 1.41. The summed E-state index contributed by atoms with van der Waals surface area (Å²) < 4.78 is 10.9. The number of anilines is 1. The van der Waals surface area contributed by atoms with Crippen molar-refractivity contribution in [2.45, 2.75) is 25.7 Å². The quantitative estimate of drug-likeness (QED) is 0.850. The van der Waals surface area contributed by atoms with Gasteiger partial charge >= 0.3 is 5.63 Å². The van der Waals surface area contributed by atoms with E-state index < -0.39 is 5.63 Å². The molecule has 1 aromatic carbocycles. The van der Waals surface area contributed by atoms with Gasteiger partial charge in [-0.3, -0.25) is 0 Å². The summed E-state index contributed by atoms with van der Waals surface area (Å²) >= 11 is 0. The van der Waals surface area contributed by atoms with E-state index in [-0.39, 0.29) is 5.56 Å². The maximum absolute atomic E-state index is 12.4. The Morgan fingerprint density at radius 2 is 2.04 bits per heavy atom. The number of methoxy groups -OCH3 is 1. The predicted octanol–water partition coefficient (Wildman–Crippen LogP) is 2.89. The zero-order valence-corrected chi connectivity index (χ0v) is 13.6. The first-order chi connectivity index (χ1) is 11.7. The fraction of sp³-hybridized carbons (Fsp3) is 0.368. The molecule has 2 aromatic rings. The SMILES string of the molecule is COc1ccc2c(c1)CCc1c-2oc(=O)c(C#N)c1N1CCCC1. The van der Waals surface area contributed by atoms with Gasteiger partial charge in [0.15, 0.2) is 5.56 Å². The highest BCUT2D eigenvalue weighted by molar-refractivity contribution is 5.77. The van der Waals surface area contributed by atoms with Crippen molar-refractivity contribution >= 4 is 5.69 Å². The number of ether oxygens (including phenoxy) is 1. The van der Waals surface area contributed by atoms with E-state index in [1.807, 2.05) is 18.2 Å². The molecule has 5 heteroatoms. The van der Waals surface area contributed by atoms with E-state index in [0.717, 1.165) is 66.9 Å². The van der Waals surface area contributed by atoms with Crippen LogP contribution in [0, 0.1) is 11.3 Å². The number of rotatable bonds is 2. The molecule has 0 atom stereocenters. The van der Waals surface area contributed by atoms with Crippen LogP contribution in [-0.2, 0) is 12.8 Å². The Hall–Kier alpha value is -2.74. The first kappa shape index (κ1) is 14.8. The highest BCUT2D eigenvalue weighted by atomic mass is 16.5. The molecule has 0 amide bonds. The van der Waals surface area contributed by atoms with Crippen molar-refractivity contribution in [3.8, 4) is 23.1 Å². The van der Waals surface area contributed by atoms with Crippen LogP contribution in [0.1, 0.15) is 29.5 Å². The second kappa shape index (κ2) is 5.72. The van der Waals surface area contributed by atoms with Gasteiger partial charge in [-0.2, -0.15) is 5.26 Å². The van der Waals surface area contributed by atoms with Crippen LogP contribution in [0.5, 0.6) is 5.75 Å². The number of benzene rings is 1. The lowest BCUT2D eigenvalue weighted by Crippen LogP contribution is -2.25. The van der Waals surface area contributed by atoms with E-state index in [1.165, 1.54) is 0 Å². The first-order valence-corrected chi connectivity index (χ1v) is 8.25. The van der Waals surface area contributed by atoms with Gasteiger partial charge in [-0.1, -0.05) is 0 Å². The van der Waals surface area contributed by atoms with Gasteiger partial charge in [0.05, 0.1) is 12.8 Å². The Balaban J connectivity index is 1.96. The fourth-order valence-electron chi connectivity index (χ4n) is 3.78. The van der Waals surface area contributed by atoms with Crippen LogP contribution < -0.4 is 15.3 Å². The third-order valence-electron chi connectivity index (χ3n) is 4.93. The van der Waals surface area contributed by atoms with Crippen LogP contribution >= 0.6 is 0 Å². The van der Waals surface area contributed by atoms with Crippen molar-refractivity contribution in [2.24, 2.45) is 0 Å². The third kappa shape index (κ3) is 2.18. The van der Waals surface area contributed by atoms with E-state index in [9.17, 15) is 10.1 Å². The average Bonchev–Trinajstić information content (AvgIpc) is 3.14. The Morgan fingerprint density at radius 3 is 2.75 bits per heavy atom. The molecule has 4 rings (SSSR count). The Labute approximate surface area is 140 Å². The monoisotopic (exact) mass is 322 g/mol. The summed E-state index contributed by atoms with van der Waals surface area (Å²) in [6.45, 7) is 1.78. The lowest BCUT2D eigenvalue weighted by atomic mass is 9.88. The molecule has 0 bridgehead atoms. The van der Waals surface area contributed by atoms with Crippen molar-refractivity contribution in [3.63, 3.8) is 0 Å². The summed E-state index contributed by atoms with van der Waals surface area (Å²) in [6, 6.07) is 7.87. The van der Waals surface area contributed by atoms with E-state index in [1.54, 1.807) is 7.11 Å². The van der Waals surface area contributed by atoms with E-state index in [0.29, 0.717) is 5.76 Å². The van der Waals surface area contributed by atoms with Gasteiger partial charge < -0.3 is 14.1 Å². The summed E-state index contributed by atoms with van der Waals surface area (Å²) in [5.41, 5.74) is 3.43. The Morgan fingerprint density at radius 1 is 1.25 bits per heavy atom. The normalized spacial score (nSPS) is 15.6. The summed E-state index contributed by atoms with van der Waals surface area (Å²) in [7, 11) is 1.64. The number of nitrogens with zero attached hydrogens (tertiary/aromatic N) is 2. The van der Waals surface area contributed by atoms with Crippen LogP contribution in [-0.4, -0.2) is 20.2 Å². The average molecular weight is 322 g/mol. The van der Waals surface area contributed by atoms with E-state index in [2.05, 4.69) is 11.0 Å². The van der Waals surface area contributed by atoms with Crippen LogP contribution in [0.25, 0.3) is 11.3 Å². The zero-order valence-electron chi connectivity index (χ0n) is 13.6. The van der Waals surface area contributed by atoms with Crippen molar-refractivity contribution < 1.29 is 9.15 Å². The second-order valence-electron chi connectivity index (χ2n) is 6.25. The van der Waals surface area contributed by atoms with Crippen molar-refractivity contribution in [3.05, 3.63) is 45.3 Å². The molecule has 1 aliphatic carbocycles. The standard InChI is InChI=1S/C19H18N2O3/c1-23-13-5-7-14-12(10-13)4-6-15-17(21-8-2-3-9-21)16(11-20)19(22)24-18(14)15/h5,7,10H,2-4,6,8-9H2,1H3. The minimum absolute atomic E-state index is 0.146. The van der Waals surface area contributed by atoms with Gasteiger partial charge in [0, 0.05) is 24.2 Å². The Bertz CT molecular complexity index is 902. The molecular formula is C19H18N2O3. The molecule has 5 nitrogen and oxygen atoms in total. The second-order valence-corrected chi connectivity index (χ2v) is 6.25. The molecule has 0 N–H and O–H groups in total. The maximum atomic E-state index is 12.4. The van der Waals surface area contributed by atoms with Crippen molar-refractivity contribution in [1.82, 2.24) is 0 Å². The Kier molecular flexibility index (Phi) is 3.53. The van der Waals surface area contributed by atoms with E-state index in [4.69, 9.17) is 9.15 Å². The third-order valence-corrected chi connectivity index (χ3v) is 4.93. The van der Waals surface area contributed by atoms with Crippen molar-refractivity contribution in [2.75, 3.05) is 25.1 Å². The molecule has 2 aliphatic rings. The molecule has 1 saturated heterocycles. The minimum Gasteiger partial charge on any atom is -0.497 e. The van der Waals surface area contributed by atoms with Gasteiger partial charge in [0.25, 0.3) is 0 Å². The molecule has 1 aliphatic heterocycles. The fourth-order valence-corrected chi connectivity index (χ4v) is 3.78. The van der Waals surface area contributed by atoms with Gasteiger partial charge in [0.1, 0.15) is 17.6 Å². The lowest BCUT2D eigenvalue weighted by molar-refractivity contribution is 0.414. The molecular weight excluding hydrogens is 304 g/mol.